The van der Waals surface area contributed by atoms with E-state index >= 15 is 0 Å². The van der Waals surface area contributed by atoms with Gasteiger partial charge >= 0.3 is 0 Å². The molecule has 4 rings (SSSR count). The number of nitrogens with zero attached hydrogens (tertiary/aromatic N) is 2. The van der Waals surface area contributed by atoms with Crippen LogP contribution in [0.15, 0.2) is 22.7 Å². The van der Waals surface area contributed by atoms with Crippen molar-refractivity contribution < 1.29 is 14.0 Å². The SMILES string of the molecule is Cc1cc(-c2nc3cc4c(cc3[nH]2)OCCO4)no1. The van der Waals surface area contributed by atoms with E-state index < -0.39 is 0 Å². The number of imidazole rings is 1. The lowest BCUT2D eigenvalue weighted by molar-refractivity contribution is 0.172. The van der Waals surface area contributed by atoms with Gasteiger partial charge in [0.25, 0.3) is 0 Å². The maximum absolute atomic E-state index is 5.54. The summed E-state index contributed by atoms with van der Waals surface area (Å²) in [6, 6.07) is 5.61. The van der Waals surface area contributed by atoms with E-state index in [1.54, 1.807) is 0 Å². The van der Waals surface area contributed by atoms with Crippen LogP contribution < -0.4 is 9.47 Å². The minimum atomic E-state index is 0.568. The molecular formula is C13H11N3O3. The Morgan fingerprint density at radius 3 is 2.63 bits per heavy atom. The maximum atomic E-state index is 5.54. The van der Waals surface area contributed by atoms with E-state index in [1.165, 1.54) is 0 Å². The van der Waals surface area contributed by atoms with Crippen molar-refractivity contribution in [1.82, 2.24) is 15.1 Å². The Morgan fingerprint density at radius 2 is 1.89 bits per heavy atom. The first-order valence-electron chi connectivity index (χ1n) is 6.03. The van der Waals surface area contributed by atoms with Gasteiger partial charge in [0.15, 0.2) is 17.3 Å². The summed E-state index contributed by atoms with van der Waals surface area (Å²) < 4.78 is 16.1. The minimum absolute atomic E-state index is 0.568. The molecule has 96 valence electrons. The van der Waals surface area contributed by atoms with Gasteiger partial charge < -0.3 is 19.0 Å². The Kier molecular flexibility index (Phi) is 2.05. The molecule has 3 heterocycles. The van der Waals surface area contributed by atoms with E-state index in [9.17, 15) is 0 Å². The predicted octanol–water partition coefficient (Wildman–Crippen LogP) is 2.30. The lowest BCUT2D eigenvalue weighted by Gasteiger charge is -2.17. The van der Waals surface area contributed by atoms with E-state index in [1.807, 2.05) is 25.1 Å². The molecule has 3 aromatic rings. The predicted molar refractivity (Wildman–Crippen MR) is 67.3 cm³/mol. The molecule has 0 bridgehead atoms. The van der Waals surface area contributed by atoms with Crippen molar-refractivity contribution in [3.8, 4) is 23.0 Å². The molecule has 0 aliphatic carbocycles. The summed E-state index contributed by atoms with van der Waals surface area (Å²) in [5.41, 5.74) is 2.40. The first-order chi connectivity index (χ1) is 9.29. The number of hydrogen-bond donors (Lipinski definition) is 1. The molecule has 19 heavy (non-hydrogen) atoms. The second-order valence-corrected chi connectivity index (χ2v) is 4.42. The zero-order chi connectivity index (χ0) is 12.8. The lowest BCUT2D eigenvalue weighted by atomic mass is 10.2. The fourth-order valence-electron chi connectivity index (χ4n) is 2.15. The number of aromatic amines is 1. The number of aromatic nitrogens is 3. The van der Waals surface area contributed by atoms with Gasteiger partial charge in [-0.3, -0.25) is 0 Å². The van der Waals surface area contributed by atoms with Gasteiger partial charge in [0.2, 0.25) is 0 Å². The van der Waals surface area contributed by atoms with Gasteiger partial charge in [-0.1, -0.05) is 5.16 Å². The highest BCUT2D eigenvalue weighted by atomic mass is 16.6. The Balaban J connectivity index is 1.87. The van der Waals surface area contributed by atoms with Crippen molar-refractivity contribution >= 4 is 11.0 Å². The van der Waals surface area contributed by atoms with Crippen LogP contribution in [0.5, 0.6) is 11.5 Å². The van der Waals surface area contributed by atoms with E-state index in [4.69, 9.17) is 14.0 Å². The number of hydrogen-bond acceptors (Lipinski definition) is 5. The normalized spacial score (nSPS) is 13.9. The fraction of sp³-hybridized carbons (Fsp3) is 0.231. The Morgan fingerprint density at radius 1 is 1.11 bits per heavy atom. The number of rotatable bonds is 1. The first kappa shape index (κ1) is 10.4. The molecule has 2 aromatic heterocycles. The average Bonchev–Trinajstić information content (AvgIpc) is 3.01. The van der Waals surface area contributed by atoms with Gasteiger partial charge in [0.1, 0.15) is 24.7 Å². The Labute approximate surface area is 108 Å². The van der Waals surface area contributed by atoms with Crippen molar-refractivity contribution in [2.75, 3.05) is 13.2 Å². The third-order valence-electron chi connectivity index (χ3n) is 3.02. The highest BCUT2D eigenvalue weighted by Crippen LogP contribution is 2.34. The third kappa shape index (κ3) is 1.64. The van der Waals surface area contributed by atoms with Crippen LogP contribution >= 0.6 is 0 Å². The van der Waals surface area contributed by atoms with E-state index in [0.717, 1.165) is 28.3 Å². The van der Waals surface area contributed by atoms with Crippen LogP contribution in [0.3, 0.4) is 0 Å². The quantitative estimate of drug-likeness (QED) is 0.724. The minimum Gasteiger partial charge on any atom is -0.486 e. The number of aryl methyl sites for hydroxylation is 1. The molecule has 0 atom stereocenters. The smallest absolute Gasteiger partial charge is 0.163 e. The molecule has 0 saturated heterocycles. The van der Waals surface area contributed by atoms with Crippen molar-refractivity contribution in [1.29, 1.82) is 0 Å². The molecule has 1 aliphatic rings. The van der Waals surface area contributed by atoms with Gasteiger partial charge in [-0.2, -0.15) is 0 Å². The molecule has 6 heteroatoms. The Bertz CT molecular complexity index is 717. The molecule has 0 amide bonds. The molecule has 1 N–H and O–H groups in total. The van der Waals surface area contributed by atoms with Crippen molar-refractivity contribution in [2.24, 2.45) is 0 Å². The molecule has 6 nitrogen and oxygen atoms in total. The highest BCUT2D eigenvalue weighted by molar-refractivity contribution is 5.82. The maximum Gasteiger partial charge on any atom is 0.163 e. The largest absolute Gasteiger partial charge is 0.486 e. The first-order valence-corrected chi connectivity index (χ1v) is 6.03. The number of nitrogens with one attached hydrogen (secondary N) is 1. The van der Waals surface area contributed by atoms with Crippen molar-refractivity contribution in [2.45, 2.75) is 6.92 Å². The van der Waals surface area contributed by atoms with Crippen LogP contribution in [-0.2, 0) is 0 Å². The summed E-state index contributed by atoms with van der Waals surface area (Å²) in [7, 11) is 0. The van der Waals surface area contributed by atoms with Crippen molar-refractivity contribution in [3.63, 3.8) is 0 Å². The van der Waals surface area contributed by atoms with Gasteiger partial charge in [0.05, 0.1) is 11.0 Å². The standard InChI is InChI=1S/C13H11N3O3/c1-7-4-10(16-19-7)13-14-8-5-11-12(6-9(8)15-13)18-3-2-17-11/h4-6H,2-3H2,1H3,(H,14,15). The molecule has 0 saturated carbocycles. The van der Waals surface area contributed by atoms with Crippen LogP contribution in [0.4, 0.5) is 0 Å². The van der Waals surface area contributed by atoms with Crippen LogP contribution in [0.25, 0.3) is 22.6 Å². The summed E-state index contributed by atoms with van der Waals surface area (Å²) in [6.07, 6.45) is 0. The number of benzene rings is 1. The van der Waals surface area contributed by atoms with Gasteiger partial charge in [-0.05, 0) is 6.92 Å². The summed E-state index contributed by atoms with van der Waals surface area (Å²) in [6.45, 7) is 2.99. The molecule has 0 unspecified atom stereocenters. The molecular weight excluding hydrogens is 246 g/mol. The topological polar surface area (TPSA) is 73.2 Å². The third-order valence-corrected chi connectivity index (χ3v) is 3.02. The average molecular weight is 257 g/mol. The van der Waals surface area contributed by atoms with Crippen LogP contribution in [0.2, 0.25) is 0 Å². The van der Waals surface area contributed by atoms with Crippen molar-refractivity contribution in [3.05, 3.63) is 24.0 Å². The number of fused-ring (bicyclic) bond motifs is 2. The van der Waals surface area contributed by atoms with Gasteiger partial charge in [-0.25, -0.2) is 4.98 Å². The second-order valence-electron chi connectivity index (χ2n) is 4.42. The Hall–Kier alpha value is -2.50. The van der Waals surface area contributed by atoms with E-state index in [-0.39, 0.29) is 0 Å². The summed E-state index contributed by atoms with van der Waals surface area (Å²) in [5, 5.41) is 3.95. The summed E-state index contributed by atoms with van der Waals surface area (Å²) in [4.78, 5) is 7.70. The van der Waals surface area contributed by atoms with Crippen LogP contribution in [-0.4, -0.2) is 28.3 Å². The number of H-pyrrole nitrogens is 1. The highest BCUT2D eigenvalue weighted by Gasteiger charge is 2.16. The van der Waals surface area contributed by atoms with Crippen LogP contribution in [0.1, 0.15) is 5.76 Å². The lowest BCUT2D eigenvalue weighted by Crippen LogP contribution is -2.15. The zero-order valence-corrected chi connectivity index (χ0v) is 10.3. The molecule has 0 spiro atoms. The second kappa shape index (κ2) is 3.74. The summed E-state index contributed by atoms with van der Waals surface area (Å²) in [5.74, 6) is 2.90. The molecule has 0 radical (unpaired) electrons. The van der Waals surface area contributed by atoms with Crippen LogP contribution in [0, 0.1) is 6.92 Å². The molecule has 1 aliphatic heterocycles. The fourth-order valence-corrected chi connectivity index (χ4v) is 2.15. The van der Waals surface area contributed by atoms with Gasteiger partial charge in [0, 0.05) is 18.2 Å². The molecule has 0 fully saturated rings. The van der Waals surface area contributed by atoms with Gasteiger partial charge in [-0.15, -0.1) is 0 Å². The monoisotopic (exact) mass is 257 g/mol. The van der Waals surface area contributed by atoms with E-state index in [0.29, 0.717) is 24.7 Å². The molecule has 1 aromatic carbocycles. The summed E-state index contributed by atoms with van der Waals surface area (Å²) >= 11 is 0. The zero-order valence-electron chi connectivity index (χ0n) is 10.3. The van der Waals surface area contributed by atoms with E-state index in [2.05, 4.69) is 15.1 Å². The number of ether oxygens (including phenoxy) is 2.